The van der Waals surface area contributed by atoms with E-state index in [2.05, 4.69) is 28.2 Å². The summed E-state index contributed by atoms with van der Waals surface area (Å²) >= 11 is 4.89. The van der Waals surface area contributed by atoms with Crippen molar-refractivity contribution in [1.82, 2.24) is 9.55 Å². The molecule has 1 aromatic heterocycles. The third-order valence-corrected chi connectivity index (χ3v) is 7.69. The van der Waals surface area contributed by atoms with Gasteiger partial charge in [0.25, 0.3) is 5.56 Å². The number of hydrogen-bond donors (Lipinski definition) is 7. The molecule has 2 heterocycles. The van der Waals surface area contributed by atoms with Gasteiger partial charge in [0.2, 0.25) is 5.72 Å². The van der Waals surface area contributed by atoms with E-state index in [1.807, 2.05) is 0 Å². The van der Waals surface area contributed by atoms with Crippen molar-refractivity contribution in [3.05, 3.63) is 37.8 Å². The van der Waals surface area contributed by atoms with E-state index in [0.717, 1.165) is 16.8 Å². The minimum Gasteiger partial charge on any atom is -0.387 e. The molecule has 19 nitrogen and oxygen atoms in total. The average molecular weight is 541 g/mol. The van der Waals surface area contributed by atoms with Gasteiger partial charge in [-0.1, -0.05) is 5.11 Å². The average Bonchev–Trinajstić information content (AvgIpc) is 2.83. The number of rotatable bonds is 9. The molecule has 0 bridgehead atoms. The van der Waals surface area contributed by atoms with Crippen LogP contribution in [0.15, 0.2) is 22.2 Å². The van der Waals surface area contributed by atoms with E-state index in [1.165, 1.54) is 0 Å². The molecule has 0 aliphatic carbocycles. The van der Waals surface area contributed by atoms with Crippen LogP contribution < -0.4 is 5.56 Å². The smallest absolute Gasteiger partial charge is 0.387 e. The molecule has 1 fully saturated rings. The van der Waals surface area contributed by atoms with Crippen LogP contribution in [0.3, 0.4) is 0 Å². The van der Waals surface area contributed by atoms with Crippen molar-refractivity contribution in [1.29, 1.82) is 0 Å². The van der Waals surface area contributed by atoms with Gasteiger partial charge in [-0.2, -0.15) is 8.62 Å². The van der Waals surface area contributed by atoms with Gasteiger partial charge in [0.05, 0.1) is 6.61 Å². The quantitative estimate of drug-likeness (QED) is 0.0682. The lowest BCUT2D eigenvalue weighted by Crippen LogP contribution is -2.44. The summed E-state index contributed by atoms with van der Waals surface area (Å²) in [4.78, 5) is 51.5. The molecule has 2 rings (SSSR count). The maximum absolute atomic E-state index is 11.9. The number of H-pyrrole nitrogens is 1. The molecule has 0 spiro atoms. The summed E-state index contributed by atoms with van der Waals surface area (Å²) in [5.74, 6) is 0. The monoisotopic (exact) mass is 541 g/mol. The summed E-state index contributed by atoms with van der Waals surface area (Å²) in [6.07, 6.45) is -4.63. The molecule has 1 saturated heterocycles. The molecule has 1 aliphatic heterocycles. The van der Waals surface area contributed by atoms with Crippen molar-refractivity contribution >= 4 is 35.7 Å². The number of ether oxygens (including phenoxy) is 1. The van der Waals surface area contributed by atoms with E-state index in [4.69, 9.17) is 37.2 Å². The minimum atomic E-state index is -5.84. The van der Waals surface area contributed by atoms with Crippen LogP contribution in [-0.2, 0) is 31.6 Å². The summed E-state index contributed by atoms with van der Waals surface area (Å²) in [7, 11) is -17.2. The second-order valence-electron chi connectivity index (χ2n) is 5.86. The van der Waals surface area contributed by atoms with Crippen molar-refractivity contribution in [2.45, 2.75) is 24.2 Å². The number of nitrogens with one attached hydrogen (secondary N) is 1. The number of aromatic amines is 1. The number of aliphatic hydroxyl groups excluding tert-OH is 2. The van der Waals surface area contributed by atoms with Gasteiger partial charge in [-0.05, 0) is 17.7 Å². The maximum atomic E-state index is 11.9. The van der Waals surface area contributed by atoms with E-state index < -0.39 is 59.8 Å². The van der Waals surface area contributed by atoms with Gasteiger partial charge in [-0.25, -0.2) is 13.7 Å². The van der Waals surface area contributed by atoms with E-state index in [-0.39, 0.29) is 4.77 Å². The van der Waals surface area contributed by atoms with Crippen LogP contribution >= 0.6 is 35.7 Å². The Morgan fingerprint density at radius 2 is 1.88 bits per heavy atom. The normalized spacial score (nSPS) is 29.6. The van der Waals surface area contributed by atoms with Crippen LogP contribution in [0.1, 0.15) is 6.23 Å². The highest BCUT2D eigenvalue weighted by Crippen LogP contribution is 2.66. The summed E-state index contributed by atoms with van der Waals surface area (Å²) < 4.78 is 51.2. The molecule has 0 aromatic carbocycles. The Hall–Kier alpha value is -1.30. The Morgan fingerprint density at radius 1 is 1.25 bits per heavy atom. The number of phosphoric ester groups is 1. The molecular formula is C9H14N5O14P3S. The van der Waals surface area contributed by atoms with Crippen LogP contribution in [0.2, 0.25) is 0 Å². The first-order chi connectivity index (χ1) is 14.5. The largest absolute Gasteiger partial charge is 0.490 e. The lowest BCUT2D eigenvalue weighted by atomic mass is 10.1. The van der Waals surface area contributed by atoms with Gasteiger partial charge >= 0.3 is 23.5 Å². The zero-order valence-electron chi connectivity index (χ0n) is 15.1. The molecule has 1 aliphatic rings. The lowest BCUT2D eigenvalue weighted by Gasteiger charge is -2.27. The van der Waals surface area contributed by atoms with Gasteiger partial charge < -0.3 is 34.5 Å². The van der Waals surface area contributed by atoms with Crippen LogP contribution in [0.5, 0.6) is 0 Å². The number of aliphatic hydroxyl groups is 2. The predicted octanol–water partition coefficient (Wildman–Crippen LogP) is -0.494. The first-order valence-electron chi connectivity index (χ1n) is 7.71. The van der Waals surface area contributed by atoms with Crippen LogP contribution in [0.25, 0.3) is 10.4 Å². The SMILES string of the molecule is [N-]=[N+]=N[C@]1(COP(=O)(O)OP(=O)(O)OP(=O)(O)O)O[C@@H](n2ccc(=O)[nH]c2=S)[C@@H](O)C1O. The van der Waals surface area contributed by atoms with Gasteiger partial charge in [-0.3, -0.25) is 18.9 Å². The Labute approximate surface area is 180 Å². The zero-order valence-corrected chi connectivity index (χ0v) is 18.6. The van der Waals surface area contributed by atoms with Gasteiger partial charge in [0.1, 0.15) is 12.2 Å². The number of azide groups is 1. The molecular weight excluding hydrogens is 527 g/mol. The van der Waals surface area contributed by atoms with Crippen molar-refractivity contribution in [2.24, 2.45) is 5.11 Å². The first kappa shape index (κ1) is 26.9. The van der Waals surface area contributed by atoms with Crippen LogP contribution in [-0.4, -0.2) is 63.9 Å². The maximum Gasteiger partial charge on any atom is 0.490 e. The third kappa shape index (κ3) is 6.61. The van der Waals surface area contributed by atoms with Gasteiger partial charge in [0.15, 0.2) is 11.0 Å². The molecule has 23 heteroatoms. The van der Waals surface area contributed by atoms with Crippen molar-refractivity contribution in [3.8, 4) is 0 Å². The van der Waals surface area contributed by atoms with Crippen molar-refractivity contribution < 1.29 is 61.4 Å². The Balaban J connectivity index is 2.28. The molecule has 3 unspecified atom stereocenters. The summed E-state index contributed by atoms with van der Waals surface area (Å²) in [5, 5.41) is 23.7. The number of aromatic nitrogens is 2. The van der Waals surface area contributed by atoms with E-state index >= 15 is 0 Å². The molecule has 0 saturated carbocycles. The molecule has 7 N–H and O–H groups in total. The van der Waals surface area contributed by atoms with Gasteiger partial charge in [-0.15, -0.1) is 0 Å². The topological polar surface area (TPSA) is 296 Å². The fourth-order valence-electron chi connectivity index (χ4n) is 2.40. The zero-order chi connectivity index (χ0) is 24.5. The Morgan fingerprint density at radius 3 is 2.41 bits per heavy atom. The summed E-state index contributed by atoms with van der Waals surface area (Å²) in [6, 6.07) is 0.970. The lowest BCUT2D eigenvalue weighted by molar-refractivity contribution is -0.122. The second-order valence-corrected chi connectivity index (χ2v) is 10.7. The molecule has 180 valence electrons. The fourth-order valence-corrected chi connectivity index (χ4v) is 5.71. The highest BCUT2D eigenvalue weighted by Gasteiger charge is 2.56. The number of nitrogens with zero attached hydrogens (tertiary/aromatic N) is 4. The Kier molecular flexibility index (Phi) is 8.01. The highest BCUT2D eigenvalue weighted by atomic mass is 32.1. The van der Waals surface area contributed by atoms with E-state index in [1.54, 1.807) is 0 Å². The standard InChI is InChI=1S/C9H14N5O14P3S/c10-13-12-9(3-25-30(21,22)28-31(23,24)27-29(18,19)20)6(17)5(16)7(26-9)14-2-1-4(15)11-8(14)32/h1-2,5-7,16-17H,3H2,(H,21,22)(H,23,24)(H,11,15,32)(H2,18,19,20)/t5-,6?,7+,9+/m0/s1. The molecule has 6 atom stereocenters. The van der Waals surface area contributed by atoms with Crippen LogP contribution in [0.4, 0.5) is 0 Å². The number of hydrogen-bond acceptors (Lipinski definition) is 12. The molecule has 32 heavy (non-hydrogen) atoms. The molecule has 0 amide bonds. The fraction of sp³-hybridized carbons (Fsp3) is 0.556. The van der Waals surface area contributed by atoms with Crippen molar-refractivity contribution in [3.63, 3.8) is 0 Å². The first-order valence-corrected chi connectivity index (χ1v) is 12.6. The molecule has 0 radical (unpaired) electrons. The predicted molar refractivity (Wildman–Crippen MR) is 99.7 cm³/mol. The second kappa shape index (κ2) is 9.52. The van der Waals surface area contributed by atoms with Gasteiger partial charge in [0, 0.05) is 17.2 Å². The van der Waals surface area contributed by atoms with E-state index in [0.29, 0.717) is 0 Å². The summed E-state index contributed by atoms with van der Waals surface area (Å²) in [6.45, 7) is -1.40. The third-order valence-electron chi connectivity index (χ3n) is 3.59. The Bertz CT molecular complexity index is 1170. The van der Waals surface area contributed by atoms with Crippen LogP contribution in [0, 0.1) is 4.77 Å². The summed E-state index contributed by atoms with van der Waals surface area (Å²) in [5.41, 5.74) is 5.53. The highest BCUT2D eigenvalue weighted by molar-refractivity contribution is 7.71. The number of phosphoric acid groups is 3. The van der Waals surface area contributed by atoms with Crippen molar-refractivity contribution in [2.75, 3.05) is 6.61 Å². The molecule has 1 aromatic rings. The van der Waals surface area contributed by atoms with E-state index in [9.17, 15) is 33.6 Å². The minimum absolute atomic E-state index is 0.293.